The number of anilines is 2. The Kier molecular flexibility index (Phi) is 5.54. The van der Waals surface area contributed by atoms with Gasteiger partial charge >= 0.3 is 0 Å². The molecular formula is C21H21BrN6O2. The molecule has 3 aromatic rings. The van der Waals surface area contributed by atoms with E-state index in [-0.39, 0.29) is 5.91 Å². The van der Waals surface area contributed by atoms with Gasteiger partial charge in [-0.3, -0.25) is 4.79 Å². The first-order chi connectivity index (χ1) is 14.5. The maximum absolute atomic E-state index is 13.5. The number of tetrazole rings is 1. The smallest absolute Gasteiger partial charge is 0.255 e. The van der Waals surface area contributed by atoms with Crippen molar-refractivity contribution in [2.24, 2.45) is 0 Å². The van der Waals surface area contributed by atoms with Gasteiger partial charge in [-0.2, -0.15) is 4.68 Å². The minimum Gasteiger partial charge on any atom is -0.494 e. The predicted octanol–water partition coefficient (Wildman–Crippen LogP) is 4.07. The average molecular weight is 469 g/mol. The molecule has 1 aromatic heterocycles. The molecular weight excluding hydrogens is 448 g/mol. The average Bonchev–Trinajstić information content (AvgIpc) is 3.18. The van der Waals surface area contributed by atoms with Gasteiger partial charge in [0, 0.05) is 21.4 Å². The number of amides is 1. The Hall–Kier alpha value is -3.20. The zero-order valence-electron chi connectivity index (χ0n) is 16.8. The van der Waals surface area contributed by atoms with E-state index in [1.54, 1.807) is 4.68 Å². The van der Waals surface area contributed by atoms with Gasteiger partial charge < -0.3 is 15.4 Å². The normalized spacial score (nSPS) is 15.4. The number of nitrogens with zero attached hydrogens (tertiary/aromatic N) is 4. The van der Waals surface area contributed by atoms with Crippen LogP contribution in [0.2, 0.25) is 0 Å². The molecule has 9 heteroatoms. The van der Waals surface area contributed by atoms with E-state index in [1.807, 2.05) is 63.2 Å². The quantitative estimate of drug-likeness (QED) is 0.585. The number of fused-ring (bicyclic) bond motifs is 1. The van der Waals surface area contributed by atoms with Crippen molar-refractivity contribution >= 4 is 33.5 Å². The maximum atomic E-state index is 13.5. The van der Waals surface area contributed by atoms with Crippen LogP contribution in [0.25, 0.3) is 0 Å². The van der Waals surface area contributed by atoms with Crippen molar-refractivity contribution in [2.75, 3.05) is 17.2 Å². The van der Waals surface area contributed by atoms with Gasteiger partial charge in [-0.15, -0.1) is 0 Å². The largest absolute Gasteiger partial charge is 0.494 e. The zero-order valence-corrected chi connectivity index (χ0v) is 18.4. The summed E-state index contributed by atoms with van der Waals surface area (Å²) in [6, 6.07) is 12.8. The van der Waals surface area contributed by atoms with Crippen molar-refractivity contribution in [1.29, 1.82) is 0 Å². The lowest BCUT2D eigenvalue weighted by Gasteiger charge is -2.29. The Morgan fingerprint density at radius 1 is 1.27 bits per heavy atom. The molecule has 1 aliphatic heterocycles. The number of carbonyl (C=O) groups excluding carboxylic acids is 1. The number of halogens is 1. The number of aromatic nitrogens is 4. The van der Waals surface area contributed by atoms with Crippen molar-refractivity contribution in [2.45, 2.75) is 26.8 Å². The molecule has 4 rings (SSSR count). The molecule has 0 spiro atoms. The third-order valence-corrected chi connectivity index (χ3v) is 5.41. The summed E-state index contributed by atoms with van der Waals surface area (Å²) in [5.74, 6) is 0.901. The molecule has 0 aliphatic carbocycles. The Balaban J connectivity index is 1.83. The molecule has 8 nitrogen and oxygen atoms in total. The highest BCUT2D eigenvalue weighted by molar-refractivity contribution is 9.10. The number of rotatable bonds is 5. The first kappa shape index (κ1) is 20.1. The van der Waals surface area contributed by atoms with E-state index < -0.39 is 6.04 Å². The van der Waals surface area contributed by atoms with Gasteiger partial charge in [-0.25, -0.2) is 0 Å². The first-order valence-electron chi connectivity index (χ1n) is 9.54. The third-order valence-electron chi connectivity index (χ3n) is 4.92. The second kappa shape index (κ2) is 8.27. The van der Waals surface area contributed by atoms with Crippen LogP contribution < -0.4 is 15.4 Å². The minimum absolute atomic E-state index is 0.233. The van der Waals surface area contributed by atoms with E-state index in [0.29, 0.717) is 29.6 Å². The van der Waals surface area contributed by atoms with E-state index in [4.69, 9.17) is 4.74 Å². The van der Waals surface area contributed by atoms with Gasteiger partial charge in [0.25, 0.3) is 5.91 Å². The fourth-order valence-electron chi connectivity index (χ4n) is 3.52. The van der Waals surface area contributed by atoms with E-state index in [0.717, 1.165) is 21.3 Å². The van der Waals surface area contributed by atoms with E-state index >= 15 is 0 Å². The molecule has 1 atom stereocenters. The molecule has 2 aromatic carbocycles. The van der Waals surface area contributed by atoms with Gasteiger partial charge in [-0.1, -0.05) is 39.2 Å². The van der Waals surface area contributed by atoms with E-state index in [9.17, 15) is 4.79 Å². The predicted molar refractivity (Wildman–Crippen MR) is 117 cm³/mol. The topological polar surface area (TPSA) is 94.0 Å². The first-order valence-corrected chi connectivity index (χ1v) is 10.3. The van der Waals surface area contributed by atoms with Crippen LogP contribution in [0.5, 0.6) is 5.75 Å². The van der Waals surface area contributed by atoms with Crippen molar-refractivity contribution in [1.82, 2.24) is 20.2 Å². The molecule has 1 aliphatic rings. The zero-order chi connectivity index (χ0) is 21.3. The number of para-hydroxylation sites is 1. The Bertz CT molecular complexity index is 1140. The van der Waals surface area contributed by atoms with Crippen molar-refractivity contribution in [3.8, 4) is 5.75 Å². The molecule has 2 heterocycles. The van der Waals surface area contributed by atoms with Crippen LogP contribution in [-0.2, 0) is 4.79 Å². The van der Waals surface area contributed by atoms with E-state index in [1.165, 1.54) is 0 Å². The summed E-state index contributed by atoms with van der Waals surface area (Å²) in [6.07, 6.45) is 0. The number of hydrogen-bond acceptors (Lipinski definition) is 6. The molecule has 30 heavy (non-hydrogen) atoms. The Morgan fingerprint density at radius 2 is 2.07 bits per heavy atom. The molecule has 0 saturated carbocycles. The number of ether oxygens (including phenoxy) is 1. The number of benzene rings is 2. The van der Waals surface area contributed by atoms with Crippen LogP contribution in [0.4, 0.5) is 11.6 Å². The monoisotopic (exact) mass is 468 g/mol. The van der Waals surface area contributed by atoms with Gasteiger partial charge in [0.05, 0.1) is 12.2 Å². The van der Waals surface area contributed by atoms with Crippen LogP contribution in [0, 0.1) is 6.92 Å². The molecule has 2 N–H and O–H groups in total. The number of hydrogen-bond donors (Lipinski definition) is 2. The molecule has 154 valence electrons. The molecule has 0 radical (unpaired) electrons. The standard InChI is InChI=1S/C21H21BrN6O2/c1-4-30-17-10-9-14(22)11-15(17)19-18(13(3)23-21-25-26-27-28(19)21)20(29)24-16-8-6-5-7-12(16)2/h5-11,19H,4H2,1-3H3,(H,24,29)(H,23,25,27). The highest BCUT2D eigenvalue weighted by atomic mass is 79.9. The number of carbonyl (C=O) groups is 1. The summed E-state index contributed by atoms with van der Waals surface area (Å²) in [4.78, 5) is 13.5. The van der Waals surface area contributed by atoms with E-state index in [2.05, 4.69) is 42.1 Å². The van der Waals surface area contributed by atoms with Crippen LogP contribution in [0.15, 0.2) is 58.2 Å². The lowest BCUT2D eigenvalue weighted by atomic mass is 9.94. The summed E-state index contributed by atoms with van der Waals surface area (Å²) >= 11 is 3.53. The van der Waals surface area contributed by atoms with Crippen molar-refractivity contribution < 1.29 is 9.53 Å². The van der Waals surface area contributed by atoms with Gasteiger partial charge in [0.2, 0.25) is 5.95 Å². The van der Waals surface area contributed by atoms with Crippen molar-refractivity contribution in [3.63, 3.8) is 0 Å². The molecule has 1 amide bonds. The summed E-state index contributed by atoms with van der Waals surface area (Å²) in [6.45, 7) is 6.21. The minimum atomic E-state index is -0.556. The Labute approximate surface area is 182 Å². The second-order valence-electron chi connectivity index (χ2n) is 6.90. The van der Waals surface area contributed by atoms with Gasteiger partial charge in [0.1, 0.15) is 11.8 Å². The molecule has 0 saturated heterocycles. The van der Waals surface area contributed by atoms with Crippen LogP contribution in [0.3, 0.4) is 0 Å². The van der Waals surface area contributed by atoms with Crippen LogP contribution >= 0.6 is 15.9 Å². The highest BCUT2D eigenvalue weighted by Gasteiger charge is 2.36. The molecule has 0 fully saturated rings. The van der Waals surface area contributed by atoms with Gasteiger partial charge in [-0.05, 0) is 61.0 Å². The Morgan fingerprint density at radius 3 is 2.83 bits per heavy atom. The highest BCUT2D eigenvalue weighted by Crippen LogP contribution is 2.40. The maximum Gasteiger partial charge on any atom is 0.255 e. The lowest BCUT2D eigenvalue weighted by Crippen LogP contribution is -2.32. The van der Waals surface area contributed by atoms with Crippen LogP contribution in [0.1, 0.15) is 31.0 Å². The summed E-state index contributed by atoms with van der Waals surface area (Å²) in [7, 11) is 0. The van der Waals surface area contributed by atoms with Gasteiger partial charge in [0.15, 0.2) is 0 Å². The summed E-state index contributed by atoms with van der Waals surface area (Å²) < 4.78 is 8.33. The molecule has 1 unspecified atom stereocenters. The summed E-state index contributed by atoms with van der Waals surface area (Å²) in [5.41, 5.74) is 3.71. The fourth-order valence-corrected chi connectivity index (χ4v) is 3.90. The number of allylic oxidation sites excluding steroid dienone is 1. The third kappa shape index (κ3) is 3.68. The van der Waals surface area contributed by atoms with Crippen LogP contribution in [-0.4, -0.2) is 32.7 Å². The molecule has 0 bridgehead atoms. The van der Waals surface area contributed by atoms with Crippen molar-refractivity contribution in [3.05, 3.63) is 69.3 Å². The summed E-state index contributed by atoms with van der Waals surface area (Å²) in [5, 5.41) is 18.1. The second-order valence-corrected chi connectivity index (χ2v) is 7.81. The number of nitrogens with one attached hydrogen (secondary N) is 2. The fraction of sp³-hybridized carbons (Fsp3) is 0.238. The lowest BCUT2D eigenvalue weighted by molar-refractivity contribution is -0.113. The number of aryl methyl sites for hydroxylation is 1. The SMILES string of the molecule is CCOc1ccc(Br)cc1C1C(C(=O)Nc2ccccc2C)=C(C)Nc2nnnn21.